The highest BCUT2D eigenvalue weighted by molar-refractivity contribution is 6.07. The van der Waals surface area contributed by atoms with Crippen LogP contribution < -0.4 is 10.6 Å². The van der Waals surface area contributed by atoms with Crippen molar-refractivity contribution < 1.29 is 38.9 Å². The number of hydrogen-bond acceptors (Lipinski definition) is 8. The summed E-state index contributed by atoms with van der Waals surface area (Å²) in [5, 5.41) is 23.4. The molecule has 10 heteroatoms. The van der Waals surface area contributed by atoms with Crippen molar-refractivity contribution in [3.8, 4) is 0 Å². The number of aliphatic hydroxyl groups excluding tert-OH is 2. The van der Waals surface area contributed by atoms with Crippen LogP contribution in [0.25, 0.3) is 0 Å². The van der Waals surface area contributed by atoms with E-state index in [1.165, 1.54) is 0 Å². The Bertz CT molecular complexity index is 707. The van der Waals surface area contributed by atoms with Crippen LogP contribution in [0.15, 0.2) is 12.2 Å². The minimum atomic E-state index is -1.06. The highest BCUT2D eigenvalue weighted by Crippen LogP contribution is 2.46. The van der Waals surface area contributed by atoms with Crippen LogP contribution in [0.2, 0.25) is 0 Å². The molecule has 5 saturated heterocycles. The van der Waals surface area contributed by atoms with Gasteiger partial charge in [-0.15, -0.1) is 0 Å². The topological polar surface area (TPSA) is 151 Å². The van der Waals surface area contributed by atoms with Gasteiger partial charge in [-0.1, -0.05) is 12.2 Å². The molecule has 6 rings (SSSR count). The van der Waals surface area contributed by atoms with Gasteiger partial charge in [0.05, 0.1) is 48.1 Å². The first-order chi connectivity index (χ1) is 12.4. The van der Waals surface area contributed by atoms with E-state index in [1.807, 2.05) is 12.2 Å². The van der Waals surface area contributed by atoms with Gasteiger partial charge in [-0.2, -0.15) is 0 Å². The van der Waals surface area contributed by atoms with E-state index in [9.17, 15) is 29.4 Å². The number of amides is 4. The number of hydrogen-bond donors (Lipinski definition) is 4. The van der Waals surface area contributed by atoms with Crippen LogP contribution in [0.4, 0.5) is 0 Å². The van der Waals surface area contributed by atoms with Crippen LogP contribution in [0, 0.1) is 23.7 Å². The third-order valence-corrected chi connectivity index (χ3v) is 6.04. The predicted molar refractivity (Wildman–Crippen MR) is 78.7 cm³/mol. The summed E-state index contributed by atoms with van der Waals surface area (Å²) in [5.74, 6) is -2.92. The molecule has 5 fully saturated rings. The van der Waals surface area contributed by atoms with Crippen LogP contribution in [-0.2, 0) is 28.7 Å². The van der Waals surface area contributed by atoms with Gasteiger partial charge in [-0.05, 0) is 0 Å². The molecule has 4 N–H and O–H groups in total. The first-order valence-electron chi connectivity index (χ1n) is 8.43. The second kappa shape index (κ2) is 5.19. The minimum absolute atomic E-state index is 0.161. The average Bonchev–Trinajstić information content (AvgIpc) is 3.38. The second-order valence-electron chi connectivity index (χ2n) is 7.31. The molecule has 138 valence electrons. The summed E-state index contributed by atoms with van der Waals surface area (Å²) in [5.41, 5.74) is 0. The fourth-order valence-corrected chi connectivity index (χ4v) is 4.87. The van der Waals surface area contributed by atoms with Crippen LogP contribution in [0.3, 0.4) is 0 Å². The Labute approximate surface area is 146 Å². The number of ether oxygens (including phenoxy) is 2. The molecule has 0 radical (unpaired) electrons. The molecular formula is C16H16N2O8. The molecule has 10 nitrogen and oxygen atoms in total. The summed E-state index contributed by atoms with van der Waals surface area (Å²) in [4.78, 5) is 45.0. The quantitative estimate of drug-likeness (QED) is 0.256. The van der Waals surface area contributed by atoms with Gasteiger partial charge in [0.2, 0.25) is 23.6 Å². The molecule has 4 bridgehead atoms. The molecular weight excluding hydrogens is 348 g/mol. The van der Waals surface area contributed by atoms with Crippen LogP contribution in [0.1, 0.15) is 0 Å². The number of fused-ring (bicyclic) bond motifs is 10. The lowest BCUT2D eigenvalue weighted by atomic mass is 9.78. The van der Waals surface area contributed by atoms with Crippen molar-refractivity contribution in [1.29, 1.82) is 0 Å². The lowest BCUT2D eigenvalue weighted by Crippen LogP contribution is -2.47. The Morgan fingerprint density at radius 1 is 0.654 bits per heavy atom. The molecule has 6 aliphatic rings. The summed E-state index contributed by atoms with van der Waals surface area (Å²) in [6.45, 7) is 0. The van der Waals surface area contributed by atoms with Crippen LogP contribution in [-0.4, -0.2) is 70.5 Å². The standard InChI is InChI=1S/C8H9NO5.C8H7NO3/c10-3-4(11)6-2-1(5(3)14-6)7(12)9-8(2)13;10-7-5-3-1-2-4(12-3)6(5)8(11)9-7/h1-6,10-11H,(H,9,12,13);1-6H,(H,9,10,11)/t1?,2?,3-,4?,5-,6?;3-,4?,5?,6?/m01/s1. The molecule has 0 saturated carbocycles. The lowest BCUT2D eigenvalue weighted by molar-refractivity contribution is -0.130. The van der Waals surface area contributed by atoms with Gasteiger partial charge >= 0.3 is 0 Å². The van der Waals surface area contributed by atoms with Gasteiger partial charge in [0.15, 0.2) is 0 Å². The van der Waals surface area contributed by atoms with E-state index >= 15 is 0 Å². The lowest BCUT2D eigenvalue weighted by Gasteiger charge is -2.25. The van der Waals surface area contributed by atoms with E-state index in [4.69, 9.17) is 9.47 Å². The maximum atomic E-state index is 11.3. The monoisotopic (exact) mass is 364 g/mol. The highest BCUT2D eigenvalue weighted by Gasteiger charge is 2.66. The Balaban J connectivity index is 0.000000117. The van der Waals surface area contributed by atoms with Crippen LogP contribution >= 0.6 is 0 Å². The van der Waals surface area contributed by atoms with Crippen molar-refractivity contribution >= 4 is 23.6 Å². The molecule has 10 atom stereocenters. The van der Waals surface area contributed by atoms with Gasteiger partial charge in [-0.3, -0.25) is 29.8 Å². The number of rotatable bonds is 0. The zero-order valence-corrected chi connectivity index (χ0v) is 13.3. The van der Waals surface area contributed by atoms with Crippen molar-refractivity contribution in [2.75, 3.05) is 0 Å². The molecule has 0 aromatic carbocycles. The minimum Gasteiger partial charge on any atom is -0.388 e. The maximum Gasteiger partial charge on any atom is 0.233 e. The normalized spacial score (nSPS) is 51.9. The van der Waals surface area contributed by atoms with Crippen molar-refractivity contribution in [2.45, 2.75) is 36.6 Å². The molecule has 6 heterocycles. The van der Waals surface area contributed by atoms with Crippen molar-refractivity contribution in [3.63, 3.8) is 0 Å². The van der Waals surface area contributed by atoms with E-state index in [0.717, 1.165) is 0 Å². The first-order valence-corrected chi connectivity index (χ1v) is 8.43. The third-order valence-electron chi connectivity index (χ3n) is 6.04. The number of carbonyl (C=O) groups excluding carboxylic acids is 4. The number of aliphatic hydroxyl groups is 2. The zero-order valence-electron chi connectivity index (χ0n) is 13.3. The van der Waals surface area contributed by atoms with E-state index in [0.29, 0.717) is 0 Å². The molecule has 0 spiro atoms. The van der Waals surface area contributed by atoms with Crippen LogP contribution in [0.5, 0.6) is 0 Å². The predicted octanol–water partition coefficient (Wildman–Crippen LogP) is -3.41. The van der Waals surface area contributed by atoms with Gasteiger partial charge in [0, 0.05) is 0 Å². The van der Waals surface area contributed by atoms with Crippen molar-refractivity contribution in [1.82, 2.24) is 10.6 Å². The van der Waals surface area contributed by atoms with Gasteiger partial charge in [0.25, 0.3) is 0 Å². The Kier molecular flexibility index (Phi) is 3.21. The molecule has 0 aromatic heterocycles. The van der Waals surface area contributed by atoms with E-state index in [2.05, 4.69) is 10.6 Å². The zero-order chi connectivity index (χ0) is 18.3. The number of imide groups is 2. The van der Waals surface area contributed by atoms with Gasteiger partial charge in [-0.25, -0.2) is 0 Å². The number of nitrogens with one attached hydrogen (secondary N) is 2. The largest absolute Gasteiger partial charge is 0.388 e. The first kappa shape index (κ1) is 16.1. The summed E-state index contributed by atoms with van der Waals surface area (Å²) in [6, 6.07) is 0. The summed E-state index contributed by atoms with van der Waals surface area (Å²) in [7, 11) is 0. The molecule has 6 aliphatic heterocycles. The fraction of sp³-hybridized carbons (Fsp3) is 0.625. The molecule has 4 amide bonds. The maximum absolute atomic E-state index is 11.3. The SMILES string of the molecule is O=C1NC(=O)C2C1C1C=C[C@H]2O1.O=C1NC(=O)C2C1C1O[C@@H]2[C@@H](O)C1O. The fourth-order valence-electron chi connectivity index (χ4n) is 4.87. The highest BCUT2D eigenvalue weighted by atomic mass is 16.6. The smallest absolute Gasteiger partial charge is 0.233 e. The molecule has 26 heavy (non-hydrogen) atoms. The van der Waals surface area contributed by atoms with E-state index in [1.54, 1.807) is 0 Å². The van der Waals surface area contributed by atoms with E-state index < -0.39 is 48.1 Å². The number of carbonyl (C=O) groups is 4. The summed E-state index contributed by atoms with van der Waals surface area (Å²) >= 11 is 0. The average molecular weight is 364 g/mol. The van der Waals surface area contributed by atoms with Crippen molar-refractivity contribution in [2.24, 2.45) is 23.7 Å². The molecule has 0 aliphatic carbocycles. The van der Waals surface area contributed by atoms with Crippen molar-refractivity contribution in [3.05, 3.63) is 12.2 Å². The van der Waals surface area contributed by atoms with E-state index in [-0.39, 0.29) is 35.9 Å². The molecule has 0 aromatic rings. The van der Waals surface area contributed by atoms with Gasteiger partial charge in [0.1, 0.15) is 12.2 Å². The Morgan fingerprint density at radius 2 is 1.04 bits per heavy atom. The Morgan fingerprint density at radius 3 is 1.46 bits per heavy atom. The summed E-state index contributed by atoms with van der Waals surface area (Å²) < 4.78 is 10.6. The second-order valence-corrected chi connectivity index (χ2v) is 7.31. The summed E-state index contributed by atoms with van der Waals surface area (Å²) in [6.07, 6.45) is -0.166. The Hall–Kier alpha value is -2.14. The third kappa shape index (κ3) is 1.89. The van der Waals surface area contributed by atoms with Gasteiger partial charge < -0.3 is 19.7 Å². The molecule has 7 unspecified atom stereocenters.